The first-order chi connectivity index (χ1) is 11.6. The summed E-state index contributed by atoms with van der Waals surface area (Å²) in [5.41, 5.74) is -2.18. The van der Waals surface area contributed by atoms with Crippen LogP contribution in [0.25, 0.3) is 0 Å². The summed E-state index contributed by atoms with van der Waals surface area (Å²) >= 11 is 0. The minimum atomic E-state index is -1.83. The maximum absolute atomic E-state index is 13.2. The van der Waals surface area contributed by atoms with Crippen LogP contribution in [-0.2, 0) is 14.4 Å². The largest absolute Gasteiger partial charge is 0.479 e. The average Bonchev–Trinajstić information content (AvgIpc) is 2.80. The van der Waals surface area contributed by atoms with E-state index in [0.29, 0.717) is 6.42 Å². The van der Waals surface area contributed by atoms with Crippen molar-refractivity contribution in [3.63, 3.8) is 0 Å². The second-order valence-corrected chi connectivity index (χ2v) is 8.74. The maximum atomic E-state index is 13.2. The van der Waals surface area contributed by atoms with Gasteiger partial charge in [0.2, 0.25) is 0 Å². The lowest BCUT2D eigenvalue weighted by molar-refractivity contribution is -0.182. The van der Waals surface area contributed by atoms with Crippen molar-refractivity contribution in [2.24, 2.45) is 28.6 Å². The lowest BCUT2D eigenvalue weighted by Crippen LogP contribution is -2.60. The Balaban J connectivity index is 1.78. The van der Waals surface area contributed by atoms with Gasteiger partial charge in [-0.2, -0.15) is 0 Å². The molecule has 0 spiro atoms. The molecular weight excluding hydrogens is 320 g/mol. The lowest BCUT2D eigenvalue weighted by atomic mass is 9.47. The number of Topliss-reactive ketones (excluding diaryl/α,β-unsaturated/α-hetero) is 1. The molecule has 4 aliphatic carbocycles. The van der Waals surface area contributed by atoms with Crippen molar-refractivity contribution in [1.29, 1.82) is 0 Å². The molecule has 2 N–H and O–H groups in total. The molecule has 3 fully saturated rings. The average molecular weight is 344 g/mol. The maximum Gasteiger partial charge on any atom is 0.336 e. The van der Waals surface area contributed by atoms with Gasteiger partial charge in [0.05, 0.1) is 0 Å². The van der Waals surface area contributed by atoms with Gasteiger partial charge >= 0.3 is 5.97 Å². The Morgan fingerprint density at radius 2 is 1.96 bits per heavy atom. The number of fused-ring (bicyclic) bond motifs is 5. The topological polar surface area (TPSA) is 91.7 Å². The molecule has 4 rings (SSSR count). The Morgan fingerprint density at radius 1 is 1.24 bits per heavy atom. The van der Waals surface area contributed by atoms with E-state index in [4.69, 9.17) is 0 Å². The standard InChI is InChI=1S/C20H24O5/c1-18-7-5-12(21)9-11(18)3-4-13-14-6-8-20(25,17(23)24)19(14,2)10-15(22)16(13)18/h5,7,9,13-14,16,25H,3-4,6,8,10H2,1-2H3,(H,23,24)/t13?,14-,16?,18-,19?,20-/m0/s1. The summed E-state index contributed by atoms with van der Waals surface area (Å²) in [5.74, 6) is -1.38. The number of carboxylic acid groups (broad SMARTS) is 1. The van der Waals surface area contributed by atoms with Crippen molar-refractivity contribution >= 4 is 17.5 Å². The molecule has 25 heavy (non-hydrogen) atoms. The van der Waals surface area contributed by atoms with Crippen LogP contribution in [0.5, 0.6) is 0 Å². The van der Waals surface area contributed by atoms with Gasteiger partial charge in [-0.15, -0.1) is 0 Å². The van der Waals surface area contributed by atoms with E-state index in [1.165, 1.54) is 0 Å². The number of allylic oxidation sites excluding steroid dienone is 4. The first-order valence-corrected chi connectivity index (χ1v) is 9.06. The van der Waals surface area contributed by atoms with Crippen LogP contribution in [0.3, 0.4) is 0 Å². The van der Waals surface area contributed by atoms with Gasteiger partial charge in [0.25, 0.3) is 0 Å². The van der Waals surface area contributed by atoms with Crippen molar-refractivity contribution in [1.82, 2.24) is 0 Å². The molecule has 4 aliphatic rings. The molecule has 0 aromatic heterocycles. The zero-order valence-corrected chi connectivity index (χ0v) is 14.6. The molecule has 0 aromatic carbocycles. The monoisotopic (exact) mass is 344 g/mol. The first-order valence-electron chi connectivity index (χ1n) is 9.06. The summed E-state index contributed by atoms with van der Waals surface area (Å²) < 4.78 is 0. The molecule has 0 aliphatic heterocycles. The van der Waals surface area contributed by atoms with Gasteiger partial charge in [-0.25, -0.2) is 4.79 Å². The number of carbonyl (C=O) groups is 3. The Hall–Kier alpha value is -1.75. The minimum absolute atomic E-state index is 0.0145. The highest BCUT2D eigenvalue weighted by Gasteiger charge is 2.68. The van der Waals surface area contributed by atoms with Gasteiger partial charge < -0.3 is 10.2 Å². The Bertz CT molecular complexity index is 749. The summed E-state index contributed by atoms with van der Waals surface area (Å²) in [5, 5.41) is 20.4. The summed E-state index contributed by atoms with van der Waals surface area (Å²) in [7, 11) is 0. The third-order valence-corrected chi connectivity index (χ3v) is 7.76. The van der Waals surface area contributed by atoms with Crippen molar-refractivity contribution in [2.45, 2.75) is 51.6 Å². The molecule has 0 amide bonds. The normalized spacial score (nSPS) is 48.4. The van der Waals surface area contributed by atoms with Crippen molar-refractivity contribution in [3.8, 4) is 0 Å². The first kappa shape index (κ1) is 16.7. The predicted molar refractivity (Wildman–Crippen MR) is 89.6 cm³/mol. The fraction of sp³-hybridized carbons (Fsp3) is 0.650. The molecule has 6 atom stereocenters. The fourth-order valence-corrected chi connectivity index (χ4v) is 6.38. The SMILES string of the molecule is CC12CC(=O)C3C(CCC4=CC(=O)C=C[C@@]43C)[C@@H]1CC[C@]2(O)C(=O)O. The zero-order valence-electron chi connectivity index (χ0n) is 14.6. The number of ketones is 2. The Kier molecular flexibility index (Phi) is 3.28. The number of hydrogen-bond acceptors (Lipinski definition) is 4. The van der Waals surface area contributed by atoms with Gasteiger partial charge in [0.15, 0.2) is 11.4 Å². The molecule has 0 aromatic rings. The number of aliphatic hydroxyl groups is 1. The smallest absolute Gasteiger partial charge is 0.336 e. The van der Waals surface area contributed by atoms with Crippen LogP contribution in [0.1, 0.15) is 46.0 Å². The van der Waals surface area contributed by atoms with Crippen LogP contribution in [0.2, 0.25) is 0 Å². The van der Waals surface area contributed by atoms with Gasteiger partial charge in [0.1, 0.15) is 5.78 Å². The highest BCUT2D eigenvalue weighted by molar-refractivity contribution is 6.01. The van der Waals surface area contributed by atoms with Crippen LogP contribution in [-0.4, -0.2) is 33.3 Å². The highest BCUT2D eigenvalue weighted by atomic mass is 16.4. The number of carboxylic acids is 1. The van der Waals surface area contributed by atoms with Crippen molar-refractivity contribution in [3.05, 3.63) is 23.8 Å². The lowest BCUT2D eigenvalue weighted by Gasteiger charge is -2.56. The molecule has 0 bridgehead atoms. The molecule has 5 heteroatoms. The summed E-state index contributed by atoms with van der Waals surface area (Å²) in [6.45, 7) is 3.80. The van der Waals surface area contributed by atoms with E-state index >= 15 is 0 Å². The fourth-order valence-electron chi connectivity index (χ4n) is 6.38. The molecule has 0 radical (unpaired) electrons. The predicted octanol–water partition coefficient (Wildman–Crippen LogP) is 2.29. The molecule has 134 valence electrons. The van der Waals surface area contributed by atoms with Gasteiger partial charge in [-0.3, -0.25) is 9.59 Å². The van der Waals surface area contributed by atoms with Gasteiger partial charge in [0, 0.05) is 23.2 Å². The Labute approximate surface area is 146 Å². The van der Waals surface area contributed by atoms with E-state index in [-0.39, 0.29) is 42.2 Å². The third kappa shape index (κ3) is 1.90. The molecule has 5 nitrogen and oxygen atoms in total. The van der Waals surface area contributed by atoms with E-state index < -0.39 is 22.4 Å². The molecule has 0 heterocycles. The third-order valence-electron chi connectivity index (χ3n) is 7.76. The second kappa shape index (κ2) is 4.91. The summed E-state index contributed by atoms with van der Waals surface area (Å²) in [6.07, 6.45) is 7.54. The molecular formula is C20H24O5. The van der Waals surface area contributed by atoms with Crippen molar-refractivity contribution in [2.75, 3.05) is 0 Å². The van der Waals surface area contributed by atoms with Gasteiger partial charge in [-0.05, 0) is 49.7 Å². The number of rotatable bonds is 1. The number of hydrogen-bond donors (Lipinski definition) is 2. The summed E-state index contributed by atoms with van der Waals surface area (Å²) in [6, 6.07) is 0. The highest BCUT2D eigenvalue weighted by Crippen LogP contribution is 2.65. The van der Waals surface area contributed by atoms with E-state index in [2.05, 4.69) is 0 Å². The zero-order chi connectivity index (χ0) is 18.2. The molecule has 3 saturated carbocycles. The van der Waals surface area contributed by atoms with E-state index in [0.717, 1.165) is 18.4 Å². The van der Waals surface area contributed by atoms with E-state index in [9.17, 15) is 24.6 Å². The molecule has 0 saturated heterocycles. The summed E-state index contributed by atoms with van der Waals surface area (Å²) in [4.78, 5) is 36.7. The number of aliphatic carboxylic acids is 1. The van der Waals surface area contributed by atoms with E-state index in [1.807, 2.05) is 13.0 Å². The second-order valence-electron chi connectivity index (χ2n) is 8.74. The van der Waals surface area contributed by atoms with Crippen molar-refractivity contribution < 1.29 is 24.6 Å². The number of carbonyl (C=O) groups excluding carboxylic acids is 2. The van der Waals surface area contributed by atoms with Crippen LogP contribution in [0.4, 0.5) is 0 Å². The minimum Gasteiger partial charge on any atom is -0.479 e. The van der Waals surface area contributed by atoms with Crippen LogP contribution < -0.4 is 0 Å². The molecule has 3 unspecified atom stereocenters. The van der Waals surface area contributed by atoms with Crippen LogP contribution in [0, 0.1) is 28.6 Å². The van der Waals surface area contributed by atoms with Gasteiger partial charge in [-0.1, -0.05) is 25.5 Å². The Morgan fingerprint density at radius 3 is 2.64 bits per heavy atom. The quantitative estimate of drug-likeness (QED) is 0.761. The van der Waals surface area contributed by atoms with Crippen LogP contribution in [0.15, 0.2) is 23.8 Å². The van der Waals surface area contributed by atoms with E-state index in [1.54, 1.807) is 19.1 Å². The van der Waals surface area contributed by atoms with Crippen LogP contribution >= 0.6 is 0 Å².